The molecule has 0 saturated carbocycles. The predicted molar refractivity (Wildman–Crippen MR) is 139 cm³/mol. The summed E-state index contributed by atoms with van der Waals surface area (Å²) in [4.78, 5) is 25.4. The second kappa shape index (κ2) is 9.25. The van der Waals surface area contributed by atoms with E-state index in [2.05, 4.69) is 0 Å². The number of nitrogens with zero attached hydrogens (tertiary/aromatic N) is 4. The summed E-state index contributed by atoms with van der Waals surface area (Å²) < 4.78 is 35.1. The van der Waals surface area contributed by atoms with Crippen molar-refractivity contribution in [2.45, 2.75) is 18.7 Å². The van der Waals surface area contributed by atoms with Gasteiger partial charge in [0.1, 0.15) is 0 Å². The number of aryl methyl sites for hydroxylation is 1. The SMILES string of the molecule is Cc1cc(C=C2C(=O)N(C)c3ccc(S(=O)(=O)N4CCOCC4)cc32)c(C)n1-c1ccc([N+](=O)[O-])cc1. The van der Waals surface area contributed by atoms with Crippen LogP contribution in [0.5, 0.6) is 0 Å². The van der Waals surface area contributed by atoms with Crippen molar-refractivity contribution in [2.75, 3.05) is 38.3 Å². The standard InChI is InChI=1S/C26H26N4O6S/c1-17-14-19(18(2)29(17)20-4-6-21(7-5-20)30(32)33)15-24-23-16-22(8-9-25(23)27(3)26(24)31)37(34,35)28-10-12-36-13-11-28/h4-9,14-16H,10-13H2,1-3H3. The van der Waals surface area contributed by atoms with Gasteiger partial charge in [-0.15, -0.1) is 0 Å². The summed E-state index contributed by atoms with van der Waals surface area (Å²) in [6.07, 6.45) is 1.78. The Balaban J connectivity index is 1.56. The summed E-state index contributed by atoms with van der Waals surface area (Å²) in [6.45, 7) is 5.09. The minimum atomic E-state index is -3.73. The average molecular weight is 523 g/mol. The lowest BCUT2D eigenvalue weighted by Gasteiger charge is -2.26. The Kier molecular flexibility index (Phi) is 6.22. The molecule has 0 N–H and O–H groups in total. The number of amides is 1. The Labute approximate surface area is 214 Å². The molecule has 0 radical (unpaired) electrons. The van der Waals surface area contributed by atoms with E-state index in [0.717, 1.165) is 22.6 Å². The number of rotatable bonds is 5. The summed E-state index contributed by atoms with van der Waals surface area (Å²) in [5.74, 6) is -0.226. The van der Waals surface area contributed by atoms with Crippen LogP contribution < -0.4 is 4.90 Å². The van der Waals surface area contributed by atoms with Gasteiger partial charge in [0.25, 0.3) is 11.6 Å². The first-order chi connectivity index (χ1) is 17.6. The van der Waals surface area contributed by atoms with Crippen molar-refractivity contribution in [3.8, 4) is 5.69 Å². The van der Waals surface area contributed by atoms with E-state index in [0.29, 0.717) is 30.0 Å². The number of nitro groups is 1. The molecule has 10 nitrogen and oxygen atoms in total. The number of anilines is 1. The molecule has 1 amide bonds. The average Bonchev–Trinajstić information content (AvgIpc) is 3.31. The number of carbonyl (C=O) groups excluding carboxylic acids is 1. The number of fused-ring (bicyclic) bond motifs is 1. The zero-order valence-corrected chi connectivity index (χ0v) is 21.5. The van der Waals surface area contributed by atoms with E-state index in [1.807, 2.05) is 24.5 Å². The smallest absolute Gasteiger partial charge is 0.269 e. The molecule has 3 aromatic rings. The lowest BCUT2D eigenvalue weighted by atomic mass is 10.0. The molecule has 3 heterocycles. The summed E-state index contributed by atoms with van der Waals surface area (Å²) in [5, 5.41) is 11.0. The molecule has 1 saturated heterocycles. The first-order valence-corrected chi connectivity index (χ1v) is 13.2. The highest BCUT2D eigenvalue weighted by molar-refractivity contribution is 7.89. The maximum atomic E-state index is 13.2. The Morgan fingerprint density at radius 1 is 1.03 bits per heavy atom. The number of non-ortho nitro benzene ring substituents is 1. The largest absolute Gasteiger partial charge is 0.379 e. The van der Waals surface area contributed by atoms with Gasteiger partial charge in [-0.1, -0.05) is 0 Å². The van der Waals surface area contributed by atoms with Gasteiger partial charge in [0.15, 0.2) is 0 Å². The zero-order chi connectivity index (χ0) is 26.5. The maximum absolute atomic E-state index is 13.2. The molecule has 1 fully saturated rings. The van der Waals surface area contributed by atoms with E-state index >= 15 is 0 Å². The van der Waals surface area contributed by atoms with Crippen LogP contribution in [0.4, 0.5) is 11.4 Å². The van der Waals surface area contributed by atoms with E-state index in [1.54, 1.807) is 37.4 Å². The second-order valence-corrected chi connectivity index (χ2v) is 11.0. The lowest BCUT2D eigenvalue weighted by molar-refractivity contribution is -0.384. The second-order valence-electron chi connectivity index (χ2n) is 9.05. The van der Waals surface area contributed by atoms with Gasteiger partial charge in [-0.05, 0) is 61.9 Å². The highest BCUT2D eigenvalue weighted by atomic mass is 32.2. The molecule has 0 aliphatic carbocycles. The highest BCUT2D eigenvalue weighted by Crippen LogP contribution is 2.39. The Morgan fingerprint density at radius 2 is 1.70 bits per heavy atom. The molecule has 2 aliphatic heterocycles. The molecule has 1 aromatic heterocycles. The molecule has 2 aliphatic rings. The van der Waals surface area contributed by atoms with Crippen LogP contribution in [0.25, 0.3) is 17.3 Å². The number of carbonyl (C=O) groups is 1. The number of sulfonamides is 1. The van der Waals surface area contributed by atoms with Crippen molar-refractivity contribution in [2.24, 2.45) is 0 Å². The van der Waals surface area contributed by atoms with Crippen LogP contribution in [0.1, 0.15) is 22.5 Å². The van der Waals surface area contributed by atoms with Crippen LogP contribution in [-0.2, 0) is 19.6 Å². The first kappa shape index (κ1) is 24.9. The molecule has 0 spiro atoms. The van der Waals surface area contributed by atoms with Crippen LogP contribution in [-0.4, -0.2) is 61.5 Å². The van der Waals surface area contributed by atoms with Gasteiger partial charge in [-0.2, -0.15) is 4.31 Å². The lowest BCUT2D eigenvalue weighted by Crippen LogP contribution is -2.40. The Hall–Kier alpha value is -3.80. The fourth-order valence-corrected chi connectivity index (χ4v) is 6.31. The fraction of sp³-hybridized carbons (Fsp3) is 0.269. The van der Waals surface area contributed by atoms with Crippen molar-refractivity contribution in [1.29, 1.82) is 0 Å². The number of hydrogen-bond donors (Lipinski definition) is 0. The molecular weight excluding hydrogens is 496 g/mol. The van der Waals surface area contributed by atoms with Gasteiger partial charge in [0.2, 0.25) is 10.0 Å². The molecular formula is C26H26N4O6S. The molecule has 192 valence electrons. The third-order valence-electron chi connectivity index (χ3n) is 6.85. The zero-order valence-electron chi connectivity index (χ0n) is 20.7. The number of nitro benzene ring substituents is 1. The summed E-state index contributed by atoms with van der Waals surface area (Å²) in [5.41, 5.74) is 4.90. The van der Waals surface area contributed by atoms with Gasteiger partial charge in [0.05, 0.1) is 28.7 Å². The van der Waals surface area contributed by atoms with Crippen molar-refractivity contribution in [1.82, 2.24) is 8.87 Å². The van der Waals surface area contributed by atoms with Crippen LogP contribution in [0, 0.1) is 24.0 Å². The number of likely N-dealkylation sites (N-methyl/N-ethyl adjacent to an activating group) is 1. The monoisotopic (exact) mass is 522 g/mol. The van der Waals surface area contributed by atoms with Crippen molar-refractivity contribution >= 4 is 39.0 Å². The normalized spacial score (nSPS) is 17.4. The van der Waals surface area contributed by atoms with Crippen LogP contribution >= 0.6 is 0 Å². The summed E-state index contributed by atoms with van der Waals surface area (Å²) in [7, 11) is -2.06. The quantitative estimate of drug-likeness (QED) is 0.288. The van der Waals surface area contributed by atoms with Crippen molar-refractivity contribution in [3.05, 3.63) is 81.2 Å². The van der Waals surface area contributed by atoms with E-state index in [9.17, 15) is 23.3 Å². The van der Waals surface area contributed by atoms with Gasteiger partial charge >= 0.3 is 0 Å². The van der Waals surface area contributed by atoms with E-state index in [-0.39, 0.29) is 29.6 Å². The van der Waals surface area contributed by atoms with Crippen LogP contribution in [0.15, 0.2) is 53.4 Å². The van der Waals surface area contributed by atoms with Crippen molar-refractivity contribution < 1.29 is 22.9 Å². The highest BCUT2D eigenvalue weighted by Gasteiger charge is 2.33. The van der Waals surface area contributed by atoms with Gasteiger partial charge in [-0.25, -0.2) is 8.42 Å². The Bertz CT molecular complexity index is 1550. The number of ether oxygens (including phenoxy) is 1. The number of benzene rings is 2. The molecule has 0 bridgehead atoms. The minimum absolute atomic E-state index is 0.00702. The fourth-order valence-electron chi connectivity index (χ4n) is 4.87. The number of morpholine rings is 1. The van der Waals surface area contributed by atoms with Crippen LogP contribution in [0.2, 0.25) is 0 Å². The predicted octanol–water partition coefficient (Wildman–Crippen LogP) is 3.54. The first-order valence-electron chi connectivity index (χ1n) is 11.8. The van der Waals surface area contributed by atoms with Gasteiger partial charge < -0.3 is 14.2 Å². The maximum Gasteiger partial charge on any atom is 0.269 e. The summed E-state index contributed by atoms with van der Waals surface area (Å²) in [6, 6.07) is 13.0. The van der Waals surface area contributed by atoms with Crippen LogP contribution in [0.3, 0.4) is 0 Å². The molecule has 2 aromatic carbocycles. The van der Waals surface area contributed by atoms with E-state index in [4.69, 9.17) is 4.74 Å². The van der Waals surface area contributed by atoms with Gasteiger partial charge in [-0.3, -0.25) is 14.9 Å². The Morgan fingerprint density at radius 3 is 2.35 bits per heavy atom. The van der Waals surface area contributed by atoms with Crippen molar-refractivity contribution in [3.63, 3.8) is 0 Å². The number of aromatic nitrogens is 1. The molecule has 0 atom stereocenters. The third kappa shape index (κ3) is 4.24. The molecule has 5 rings (SSSR count). The van der Waals surface area contributed by atoms with E-state index < -0.39 is 14.9 Å². The number of hydrogen-bond acceptors (Lipinski definition) is 6. The van der Waals surface area contributed by atoms with E-state index in [1.165, 1.54) is 27.4 Å². The minimum Gasteiger partial charge on any atom is -0.379 e. The topological polar surface area (TPSA) is 115 Å². The molecule has 37 heavy (non-hydrogen) atoms. The third-order valence-corrected chi connectivity index (χ3v) is 8.75. The molecule has 0 unspecified atom stereocenters. The summed E-state index contributed by atoms with van der Waals surface area (Å²) >= 11 is 0. The van der Waals surface area contributed by atoms with Gasteiger partial charge in [0, 0.05) is 60.5 Å². The molecule has 11 heteroatoms.